The van der Waals surface area contributed by atoms with Gasteiger partial charge in [-0.25, -0.2) is 0 Å². The number of aliphatic hydroxyl groups is 2. The molecule has 2 nitrogen and oxygen atoms in total. The van der Waals surface area contributed by atoms with Crippen LogP contribution in [0.2, 0.25) is 0 Å². The molecule has 0 aromatic rings. The van der Waals surface area contributed by atoms with Crippen molar-refractivity contribution in [1.82, 2.24) is 0 Å². The molecule has 1 unspecified atom stereocenters. The van der Waals surface area contributed by atoms with E-state index in [4.69, 9.17) is 0 Å². The minimum absolute atomic E-state index is 0.0874. The zero-order valence-electron chi connectivity index (χ0n) is 13.5. The molecule has 0 aliphatic heterocycles. The van der Waals surface area contributed by atoms with Crippen LogP contribution >= 0.6 is 0 Å². The summed E-state index contributed by atoms with van der Waals surface area (Å²) >= 11 is 0. The van der Waals surface area contributed by atoms with Gasteiger partial charge in [-0.15, -0.1) is 0 Å². The molecule has 2 N–H and O–H groups in total. The molecule has 118 valence electrons. The largest absolute Gasteiger partial charge is 0.393 e. The zero-order chi connectivity index (χ0) is 14.8. The summed E-state index contributed by atoms with van der Waals surface area (Å²) in [5.41, 5.74) is 0.538. The minimum atomic E-state index is -0.0913. The summed E-state index contributed by atoms with van der Waals surface area (Å²) in [5.74, 6) is 2.67. The molecule has 0 amide bonds. The highest BCUT2D eigenvalue weighted by atomic mass is 16.3. The van der Waals surface area contributed by atoms with Crippen LogP contribution in [0.5, 0.6) is 0 Å². The van der Waals surface area contributed by atoms with E-state index in [1.807, 2.05) is 0 Å². The Hall–Kier alpha value is -0.340. The smallest absolute Gasteiger partial charge is 0.0596 e. The van der Waals surface area contributed by atoms with Crippen molar-refractivity contribution < 1.29 is 10.2 Å². The molecule has 0 aromatic heterocycles. The first kappa shape index (κ1) is 14.3. The van der Waals surface area contributed by atoms with E-state index in [0.717, 1.165) is 25.2 Å². The third kappa shape index (κ3) is 1.84. The lowest BCUT2D eigenvalue weighted by atomic mass is 9.47. The van der Waals surface area contributed by atoms with Gasteiger partial charge in [0.15, 0.2) is 0 Å². The molecule has 0 bridgehead atoms. The van der Waals surface area contributed by atoms with Crippen molar-refractivity contribution in [3.8, 4) is 0 Å². The number of hydrogen-bond donors (Lipinski definition) is 2. The Morgan fingerprint density at radius 3 is 2.38 bits per heavy atom. The molecule has 0 saturated heterocycles. The summed E-state index contributed by atoms with van der Waals surface area (Å²) in [7, 11) is 0. The van der Waals surface area contributed by atoms with E-state index in [0.29, 0.717) is 23.2 Å². The van der Waals surface area contributed by atoms with E-state index >= 15 is 0 Å². The van der Waals surface area contributed by atoms with Crippen LogP contribution in [0.4, 0.5) is 0 Å². The van der Waals surface area contributed by atoms with Crippen LogP contribution in [0, 0.1) is 34.5 Å². The first-order valence-electron chi connectivity index (χ1n) is 8.99. The van der Waals surface area contributed by atoms with Crippen LogP contribution in [0.15, 0.2) is 12.2 Å². The molecular weight excluding hydrogens is 260 g/mol. The van der Waals surface area contributed by atoms with Gasteiger partial charge in [0.25, 0.3) is 0 Å². The number of aliphatic hydroxyl groups excluding tert-OH is 2. The van der Waals surface area contributed by atoms with E-state index in [2.05, 4.69) is 26.0 Å². The third-order valence-electron chi connectivity index (χ3n) is 8.08. The van der Waals surface area contributed by atoms with Crippen molar-refractivity contribution >= 4 is 0 Å². The van der Waals surface area contributed by atoms with Gasteiger partial charge >= 0.3 is 0 Å². The maximum Gasteiger partial charge on any atom is 0.0596 e. The second-order valence-corrected chi connectivity index (χ2v) is 8.85. The van der Waals surface area contributed by atoms with Gasteiger partial charge in [-0.2, -0.15) is 0 Å². The Morgan fingerprint density at radius 2 is 1.57 bits per heavy atom. The Labute approximate surface area is 128 Å². The van der Waals surface area contributed by atoms with Gasteiger partial charge in [-0.1, -0.05) is 26.0 Å². The molecule has 2 heteroatoms. The lowest BCUT2D eigenvalue weighted by molar-refractivity contribution is -0.0894. The van der Waals surface area contributed by atoms with E-state index in [1.165, 1.54) is 25.7 Å². The fraction of sp³-hybridized carbons (Fsp3) is 0.895. The Balaban J connectivity index is 1.68. The van der Waals surface area contributed by atoms with Crippen LogP contribution in [0.1, 0.15) is 58.8 Å². The van der Waals surface area contributed by atoms with Crippen LogP contribution < -0.4 is 0 Å². The van der Waals surface area contributed by atoms with Crippen molar-refractivity contribution in [2.75, 3.05) is 0 Å². The van der Waals surface area contributed by atoms with Crippen LogP contribution in [0.3, 0.4) is 0 Å². The second-order valence-electron chi connectivity index (χ2n) is 8.85. The predicted octanol–water partition coefficient (Wildman–Crippen LogP) is 3.53. The number of allylic oxidation sites excluding steroid dienone is 2. The normalized spacial score (nSPS) is 59.2. The SMILES string of the molecule is C[C@]12CC[C@H]3[C@@H](C=CC4C[C@@H](O)CC[C@@]43C)[C@@H]1CC[C@@H]2O. The molecule has 21 heavy (non-hydrogen) atoms. The molecule has 0 aromatic carbocycles. The summed E-state index contributed by atoms with van der Waals surface area (Å²) in [6, 6.07) is 0. The van der Waals surface area contributed by atoms with Crippen molar-refractivity contribution in [1.29, 1.82) is 0 Å². The molecule has 0 radical (unpaired) electrons. The lowest BCUT2D eigenvalue weighted by Gasteiger charge is -2.58. The summed E-state index contributed by atoms with van der Waals surface area (Å²) in [5, 5.41) is 20.5. The Morgan fingerprint density at radius 1 is 0.857 bits per heavy atom. The lowest BCUT2D eigenvalue weighted by Crippen LogP contribution is -2.52. The highest BCUT2D eigenvalue weighted by Crippen LogP contribution is 2.64. The van der Waals surface area contributed by atoms with Crippen molar-refractivity contribution in [2.45, 2.75) is 71.0 Å². The molecule has 3 fully saturated rings. The van der Waals surface area contributed by atoms with Crippen molar-refractivity contribution in [3.05, 3.63) is 12.2 Å². The molecule has 8 atom stereocenters. The maximum atomic E-state index is 10.4. The molecule has 4 rings (SSSR count). The summed E-state index contributed by atoms with van der Waals surface area (Å²) < 4.78 is 0. The third-order valence-corrected chi connectivity index (χ3v) is 8.08. The first-order valence-corrected chi connectivity index (χ1v) is 8.99. The van der Waals surface area contributed by atoms with Crippen molar-refractivity contribution in [3.63, 3.8) is 0 Å². The molecular formula is C19H30O2. The molecule has 4 aliphatic rings. The second kappa shape index (κ2) is 4.58. The average Bonchev–Trinajstić information content (AvgIpc) is 2.76. The van der Waals surface area contributed by atoms with Crippen LogP contribution in [0.25, 0.3) is 0 Å². The fourth-order valence-corrected chi connectivity index (χ4v) is 6.57. The van der Waals surface area contributed by atoms with Gasteiger partial charge in [0.2, 0.25) is 0 Å². The van der Waals surface area contributed by atoms with E-state index in [1.54, 1.807) is 0 Å². The van der Waals surface area contributed by atoms with Gasteiger partial charge in [0.1, 0.15) is 0 Å². The van der Waals surface area contributed by atoms with E-state index < -0.39 is 0 Å². The quantitative estimate of drug-likeness (QED) is 0.670. The van der Waals surface area contributed by atoms with Crippen LogP contribution in [-0.2, 0) is 0 Å². The number of rotatable bonds is 0. The monoisotopic (exact) mass is 290 g/mol. The molecule has 3 saturated carbocycles. The zero-order valence-corrected chi connectivity index (χ0v) is 13.5. The standard InChI is InChI=1S/C19H30O2/c1-18-9-7-13(20)11-12(18)3-4-14-15-5-6-17(21)19(15,2)10-8-16(14)18/h3-4,12-17,20-21H,5-11H2,1-2H3/t12?,13-,14-,15-,16-,17-,18-,19-/m0/s1. The first-order chi connectivity index (χ1) is 9.95. The molecule has 0 heterocycles. The van der Waals surface area contributed by atoms with Crippen LogP contribution in [-0.4, -0.2) is 22.4 Å². The van der Waals surface area contributed by atoms with Gasteiger partial charge in [0, 0.05) is 0 Å². The van der Waals surface area contributed by atoms with Crippen molar-refractivity contribution in [2.24, 2.45) is 34.5 Å². The van der Waals surface area contributed by atoms with Gasteiger partial charge in [-0.3, -0.25) is 0 Å². The number of fused-ring (bicyclic) bond motifs is 5. The fourth-order valence-electron chi connectivity index (χ4n) is 6.57. The predicted molar refractivity (Wildman–Crippen MR) is 83.6 cm³/mol. The minimum Gasteiger partial charge on any atom is -0.393 e. The summed E-state index contributed by atoms with van der Waals surface area (Å²) in [4.78, 5) is 0. The van der Waals surface area contributed by atoms with Gasteiger partial charge < -0.3 is 10.2 Å². The molecule has 4 aliphatic carbocycles. The van der Waals surface area contributed by atoms with E-state index in [9.17, 15) is 10.2 Å². The van der Waals surface area contributed by atoms with Gasteiger partial charge in [0.05, 0.1) is 12.2 Å². The van der Waals surface area contributed by atoms with Gasteiger partial charge in [-0.05, 0) is 79.4 Å². The highest BCUT2D eigenvalue weighted by Gasteiger charge is 2.58. The topological polar surface area (TPSA) is 40.5 Å². The number of hydrogen-bond acceptors (Lipinski definition) is 2. The Bertz CT molecular complexity index is 458. The average molecular weight is 290 g/mol. The molecule has 0 spiro atoms. The maximum absolute atomic E-state index is 10.4. The highest BCUT2D eigenvalue weighted by molar-refractivity contribution is 5.18. The van der Waals surface area contributed by atoms with E-state index in [-0.39, 0.29) is 17.6 Å². The summed E-state index contributed by atoms with van der Waals surface area (Å²) in [6.45, 7) is 4.82. The Kier molecular flexibility index (Phi) is 3.11. The summed E-state index contributed by atoms with van der Waals surface area (Å²) in [6.07, 6.45) is 12.5.